The Balaban J connectivity index is -0.000000583. The second kappa shape index (κ2) is 56.4. The Kier molecular flexibility index (Phi) is 55.5. The van der Waals surface area contributed by atoms with Gasteiger partial charge in [-0.25, -0.2) is 0 Å². The van der Waals surface area contributed by atoms with Crippen LogP contribution in [-0.2, 0) is 36.1 Å². The van der Waals surface area contributed by atoms with E-state index in [4.69, 9.17) is 9.84 Å². The molecule has 2 N–H and O–H groups in total. The lowest BCUT2D eigenvalue weighted by molar-refractivity contribution is -0.385. The van der Waals surface area contributed by atoms with Crippen molar-refractivity contribution in [3.05, 3.63) is 361 Å². The van der Waals surface area contributed by atoms with Gasteiger partial charge >= 0.3 is 0 Å². The molecule has 10 nitrogen and oxygen atoms in total. The van der Waals surface area contributed by atoms with Gasteiger partial charge in [-0.05, 0) is 117 Å². The molecular formula is C91H129N2O8PS-2. The van der Waals surface area contributed by atoms with Crippen LogP contribution in [0.2, 0.25) is 0 Å². The van der Waals surface area contributed by atoms with E-state index in [-0.39, 0.29) is 43.2 Å². The molecule has 0 aromatic heterocycles. The van der Waals surface area contributed by atoms with Gasteiger partial charge < -0.3 is 34.0 Å². The van der Waals surface area contributed by atoms with E-state index in [1.807, 2.05) is 134 Å². The number of nitro benzene ring substituents is 1. The summed E-state index contributed by atoms with van der Waals surface area (Å²) in [5.41, 5.74) is 16.1. The minimum Gasteiger partial charge on any atom is -0.790 e. The van der Waals surface area contributed by atoms with Gasteiger partial charge in [0.15, 0.2) is 0 Å². The van der Waals surface area contributed by atoms with Gasteiger partial charge in [0.25, 0.3) is 5.69 Å². The summed E-state index contributed by atoms with van der Waals surface area (Å²) >= 11 is 1.88. The fourth-order valence-corrected chi connectivity index (χ4v) is 12.3. The van der Waals surface area contributed by atoms with Crippen LogP contribution in [0.25, 0.3) is 0 Å². The van der Waals surface area contributed by atoms with E-state index in [1.165, 1.54) is 63.9 Å². The van der Waals surface area contributed by atoms with Gasteiger partial charge in [-0.15, -0.1) is 11.8 Å². The van der Waals surface area contributed by atoms with E-state index in [2.05, 4.69) is 280 Å². The number of benzene rings is 10. The summed E-state index contributed by atoms with van der Waals surface area (Å²) in [7, 11) is -1.13. The number of phosphoric acid groups is 1. The Morgan fingerprint density at radius 2 is 0.699 bits per heavy atom. The molecule has 0 saturated heterocycles. The third kappa shape index (κ3) is 30.7. The van der Waals surface area contributed by atoms with Crippen molar-refractivity contribution in [2.75, 3.05) is 20.4 Å². The molecule has 0 aliphatic heterocycles. The number of ether oxygens (including phenoxy) is 1. The highest BCUT2D eigenvalue weighted by Gasteiger charge is 2.38. The number of rotatable bonds is 17. The van der Waals surface area contributed by atoms with Crippen LogP contribution in [0.4, 0.5) is 5.69 Å². The largest absolute Gasteiger partial charge is 0.790 e. The van der Waals surface area contributed by atoms with Crippen LogP contribution in [0.3, 0.4) is 0 Å². The molecule has 0 spiro atoms. The van der Waals surface area contributed by atoms with E-state index in [1.54, 1.807) is 19.2 Å². The maximum Gasteiger partial charge on any atom is 0.272 e. The van der Waals surface area contributed by atoms with Crippen LogP contribution in [0.5, 0.6) is 0 Å². The summed E-state index contributed by atoms with van der Waals surface area (Å²) in [5.74, 6) is 0. The number of nitrogens with zero attached hydrogens (tertiary/aromatic N) is 1. The monoisotopic (exact) mass is 1440 g/mol. The predicted molar refractivity (Wildman–Crippen MR) is 447 cm³/mol. The molecule has 0 amide bonds. The molecule has 0 bridgehead atoms. The number of nitro groups is 1. The minimum atomic E-state index is -4.94. The minimum absolute atomic E-state index is 0. The smallest absolute Gasteiger partial charge is 0.272 e. The number of methoxy groups -OCH3 is 1. The van der Waals surface area contributed by atoms with Crippen molar-refractivity contribution in [3.8, 4) is 0 Å². The van der Waals surface area contributed by atoms with Crippen LogP contribution < -0.4 is 15.1 Å². The lowest BCUT2D eigenvalue weighted by Gasteiger charge is -2.35. The first kappa shape index (κ1) is 101. The molecule has 0 aliphatic rings. The number of aliphatic hydroxyl groups excluding tert-OH is 1. The fraction of sp³-hybridized carbons (Fsp3) is 0.341. The number of phosphoric ester groups is 1. The Labute approximate surface area is 630 Å². The summed E-state index contributed by atoms with van der Waals surface area (Å²) in [5, 5.41) is 22.7. The molecule has 10 aromatic rings. The Morgan fingerprint density at radius 1 is 0.447 bits per heavy atom. The number of hydrogen-bond acceptors (Lipinski definition) is 10. The molecule has 103 heavy (non-hydrogen) atoms. The van der Waals surface area contributed by atoms with E-state index in [0.717, 1.165) is 27.8 Å². The lowest BCUT2D eigenvalue weighted by atomic mass is 9.77. The van der Waals surface area contributed by atoms with Gasteiger partial charge in [-0.2, -0.15) is 0 Å². The first-order valence-electron chi connectivity index (χ1n) is 35.3. The SMILES string of the molecule is C.C.C.CC.CC.CC.CC.CC.CC.CC(O)C(C)OP(=O)([O-])[O-].CCc1cc(C)ccc1[N+](=O)[O-].CNC(c1ccccc1)(c1ccccc1)c1ccc(C)cc1.COC(c1ccccc1)(c1ccccc1)c1ccc(C)cc1.CSC(c1ccccc1)(c1ccccc1)c1ccc(C)cc1. The maximum atomic E-state index is 10.5. The first-order valence-corrected chi connectivity index (χ1v) is 37.9. The topological polar surface area (TPSA) is 157 Å². The normalized spacial score (nSPS) is 10.6. The van der Waals surface area contributed by atoms with Crippen LogP contribution >= 0.6 is 19.6 Å². The predicted octanol–water partition coefficient (Wildman–Crippen LogP) is 24.2. The molecule has 2 unspecified atom stereocenters. The van der Waals surface area contributed by atoms with Crippen LogP contribution in [-0.4, -0.2) is 42.7 Å². The summed E-state index contributed by atoms with van der Waals surface area (Å²) in [6, 6.07) is 95.0. The summed E-state index contributed by atoms with van der Waals surface area (Å²) in [6.45, 7) is 36.8. The van der Waals surface area contributed by atoms with E-state index >= 15 is 0 Å². The second-order valence-corrected chi connectivity index (χ2v) is 23.4. The molecule has 0 aliphatic carbocycles. The van der Waals surface area contributed by atoms with Crippen molar-refractivity contribution in [2.45, 2.75) is 188 Å². The van der Waals surface area contributed by atoms with Crippen LogP contribution in [0, 0.1) is 37.8 Å². The highest BCUT2D eigenvalue weighted by atomic mass is 32.2. The summed E-state index contributed by atoms with van der Waals surface area (Å²) in [6.07, 6.45) is 0.967. The Morgan fingerprint density at radius 3 is 0.951 bits per heavy atom. The number of nitrogens with one attached hydrogen (secondary N) is 1. The van der Waals surface area contributed by atoms with Crippen molar-refractivity contribution in [1.82, 2.24) is 5.32 Å². The third-order valence-corrected chi connectivity index (χ3v) is 17.2. The number of aryl methyl sites for hydroxylation is 5. The quantitative estimate of drug-likeness (QED) is 0.0389. The number of aliphatic hydroxyl groups is 1. The van der Waals surface area contributed by atoms with E-state index in [9.17, 15) is 24.5 Å². The van der Waals surface area contributed by atoms with Crippen molar-refractivity contribution >= 4 is 25.3 Å². The summed E-state index contributed by atoms with van der Waals surface area (Å²) in [4.78, 5) is 29.9. The van der Waals surface area contributed by atoms with Crippen LogP contribution in [0.1, 0.15) is 204 Å². The zero-order chi connectivity index (χ0) is 75.7. The van der Waals surface area contributed by atoms with E-state index < -0.39 is 25.6 Å². The molecule has 12 heteroatoms. The molecule has 0 heterocycles. The second-order valence-electron chi connectivity index (χ2n) is 21.3. The van der Waals surface area contributed by atoms with Crippen LogP contribution in [0.15, 0.2) is 273 Å². The Bertz CT molecular complexity index is 3260. The standard InChI is InChI=1S/C21H21N.C21H20O.C21H20S.C9H11NO2.C4H11O5P.6C2H6.3CH4/c3*1-17-13-15-20(16-14-17)21(22-2,18-9-5-3-6-10-18)19-11-7-4-8-12-19;1-3-8-6-7(2)4-5-9(8)10(11)12;1-3(5)4(2)9-10(6,7)8;6*1-2;;;/h3-16,22H,1-2H3;2*3-16H,1-2H3;4-6H,3H2,1-2H3;3-5H,1-2H3,(H2,6,7,8);6*1-2H3;3*1H4/p-2. The first-order chi connectivity index (χ1) is 48.3. The van der Waals surface area contributed by atoms with Gasteiger partial charge in [0.05, 0.1) is 35.2 Å². The Hall–Kier alpha value is -8.06. The average Bonchev–Trinajstić information content (AvgIpc) is 0.776. The summed E-state index contributed by atoms with van der Waals surface area (Å²) < 4.78 is 19.7. The van der Waals surface area contributed by atoms with Crippen molar-refractivity contribution in [2.24, 2.45) is 0 Å². The van der Waals surface area contributed by atoms with Gasteiger partial charge in [-0.1, -0.05) is 395 Å². The van der Waals surface area contributed by atoms with Crippen molar-refractivity contribution in [3.63, 3.8) is 0 Å². The molecule has 0 radical (unpaired) electrons. The molecule has 0 fully saturated rings. The van der Waals surface area contributed by atoms with Crippen molar-refractivity contribution in [1.29, 1.82) is 0 Å². The van der Waals surface area contributed by atoms with Gasteiger partial charge in [0.1, 0.15) is 5.60 Å². The molecule has 564 valence electrons. The lowest BCUT2D eigenvalue weighted by Crippen LogP contribution is -2.42. The van der Waals surface area contributed by atoms with Gasteiger partial charge in [0, 0.05) is 18.7 Å². The molecule has 0 saturated carbocycles. The third-order valence-electron chi connectivity index (χ3n) is 15.3. The maximum absolute atomic E-state index is 10.5. The molecule has 10 rings (SSSR count). The molecule has 10 aromatic carbocycles. The fourth-order valence-electron chi connectivity index (χ4n) is 10.6. The highest BCUT2D eigenvalue weighted by molar-refractivity contribution is 8.00. The zero-order valence-corrected chi connectivity index (χ0v) is 65.7. The zero-order valence-electron chi connectivity index (χ0n) is 64.0. The number of thioether (sulfide) groups is 1. The van der Waals surface area contributed by atoms with Crippen molar-refractivity contribution < 1.29 is 33.6 Å². The molecule has 2 atom stereocenters. The van der Waals surface area contributed by atoms with Gasteiger partial charge in [0.2, 0.25) is 0 Å². The molecular weight excluding hydrogens is 1310 g/mol. The van der Waals surface area contributed by atoms with Gasteiger partial charge in [-0.3, -0.25) is 10.1 Å². The number of hydrogen-bond donors (Lipinski definition) is 2. The van der Waals surface area contributed by atoms with E-state index in [0.29, 0.717) is 6.42 Å². The highest BCUT2D eigenvalue weighted by Crippen LogP contribution is 2.47. The average molecular weight is 1440 g/mol.